The van der Waals surface area contributed by atoms with Gasteiger partial charge in [0, 0.05) is 36.4 Å². The van der Waals surface area contributed by atoms with Crippen molar-refractivity contribution < 1.29 is 18.7 Å². The summed E-state index contributed by atoms with van der Waals surface area (Å²) >= 11 is 6.05. The first-order valence-electron chi connectivity index (χ1n) is 9.47. The number of nitrogens with zero attached hydrogens (tertiary/aromatic N) is 4. The van der Waals surface area contributed by atoms with Gasteiger partial charge >= 0.3 is 6.09 Å². The Kier molecular flexibility index (Phi) is 5.96. The van der Waals surface area contributed by atoms with Gasteiger partial charge in [-0.25, -0.2) is 24.1 Å². The second-order valence-electron chi connectivity index (χ2n) is 6.64. The number of carbonyl (C=O) groups is 1. The van der Waals surface area contributed by atoms with Crippen molar-refractivity contribution in [3.8, 4) is 11.4 Å². The minimum absolute atomic E-state index is 0.0266. The predicted molar refractivity (Wildman–Crippen MR) is 109 cm³/mol. The van der Waals surface area contributed by atoms with Crippen molar-refractivity contribution in [1.29, 1.82) is 0 Å². The molecule has 11 heteroatoms. The number of hydrogen-bond donors (Lipinski definition) is 2. The molecule has 4 rings (SSSR count). The lowest BCUT2D eigenvalue weighted by atomic mass is 10.2. The Morgan fingerprint density at radius 3 is 3.17 bits per heavy atom. The van der Waals surface area contributed by atoms with Crippen LogP contribution in [0.15, 0.2) is 24.7 Å². The van der Waals surface area contributed by atoms with Crippen LogP contribution < -0.4 is 5.32 Å². The van der Waals surface area contributed by atoms with E-state index in [0.29, 0.717) is 41.8 Å². The number of fused-ring (bicyclic) bond motifs is 1. The molecule has 1 aliphatic heterocycles. The lowest BCUT2D eigenvalue weighted by Gasteiger charge is -2.34. The van der Waals surface area contributed by atoms with E-state index in [1.54, 1.807) is 24.1 Å². The number of pyridine rings is 1. The zero-order chi connectivity index (χ0) is 21.1. The van der Waals surface area contributed by atoms with Gasteiger partial charge in [0.05, 0.1) is 37.1 Å². The van der Waals surface area contributed by atoms with Crippen molar-refractivity contribution in [2.45, 2.75) is 13.0 Å². The normalized spacial score (nSPS) is 16.6. The zero-order valence-electron chi connectivity index (χ0n) is 16.2. The Morgan fingerprint density at radius 1 is 1.47 bits per heavy atom. The minimum Gasteiger partial charge on any atom is -0.450 e. The second-order valence-corrected chi connectivity index (χ2v) is 7.08. The molecule has 4 heterocycles. The van der Waals surface area contributed by atoms with Crippen LogP contribution >= 0.6 is 11.6 Å². The van der Waals surface area contributed by atoms with Crippen molar-refractivity contribution in [1.82, 2.24) is 24.8 Å². The molecule has 3 aromatic rings. The maximum absolute atomic E-state index is 14.4. The number of H-pyrrole nitrogens is 1. The van der Waals surface area contributed by atoms with E-state index in [-0.39, 0.29) is 25.0 Å². The number of hydrogen-bond acceptors (Lipinski definition) is 7. The maximum Gasteiger partial charge on any atom is 0.410 e. The van der Waals surface area contributed by atoms with Crippen molar-refractivity contribution in [2.24, 2.45) is 0 Å². The van der Waals surface area contributed by atoms with Gasteiger partial charge in [0.1, 0.15) is 5.65 Å². The van der Waals surface area contributed by atoms with Gasteiger partial charge in [-0.2, -0.15) is 0 Å². The van der Waals surface area contributed by atoms with Gasteiger partial charge in [-0.1, -0.05) is 11.6 Å². The molecule has 1 saturated heterocycles. The molecule has 2 N–H and O–H groups in total. The topological polar surface area (TPSA) is 105 Å². The third-order valence-electron chi connectivity index (χ3n) is 4.72. The van der Waals surface area contributed by atoms with Gasteiger partial charge in [0.15, 0.2) is 17.5 Å². The van der Waals surface area contributed by atoms with Gasteiger partial charge in [0.25, 0.3) is 0 Å². The van der Waals surface area contributed by atoms with E-state index in [1.807, 2.05) is 0 Å². The number of nitrogens with one attached hydrogen (secondary N) is 2. The Bertz CT molecular complexity index is 1060. The number of carbonyl (C=O) groups excluding carboxylic acids is 1. The number of aromatic nitrogens is 4. The van der Waals surface area contributed by atoms with E-state index >= 15 is 0 Å². The molecule has 30 heavy (non-hydrogen) atoms. The summed E-state index contributed by atoms with van der Waals surface area (Å²) in [6.45, 7) is 3.43. The fraction of sp³-hybridized carbons (Fsp3) is 0.368. The summed E-state index contributed by atoms with van der Waals surface area (Å²) in [6.07, 6.45) is 3.91. The number of ether oxygens (including phenoxy) is 2. The van der Waals surface area contributed by atoms with Crippen LogP contribution in [0.3, 0.4) is 0 Å². The molecule has 1 unspecified atom stereocenters. The first-order valence-corrected chi connectivity index (χ1v) is 9.85. The van der Waals surface area contributed by atoms with E-state index in [2.05, 4.69) is 25.3 Å². The smallest absolute Gasteiger partial charge is 0.410 e. The molecule has 1 aliphatic rings. The monoisotopic (exact) mass is 434 g/mol. The van der Waals surface area contributed by atoms with Crippen LogP contribution in [0.1, 0.15) is 6.92 Å². The largest absolute Gasteiger partial charge is 0.450 e. The van der Waals surface area contributed by atoms with Gasteiger partial charge < -0.3 is 19.8 Å². The van der Waals surface area contributed by atoms with E-state index < -0.39 is 11.9 Å². The average molecular weight is 435 g/mol. The average Bonchev–Trinajstić information content (AvgIpc) is 3.16. The van der Waals surface area contributed by atoms with Gasteiger partial charge in [-0.05, 0) is 13.0 Å². The van der Waals surface area contributed by atoms with Crippen LogP contribution in [-0.2, 0) is 9.47 Å². The third-order valence-corrected chi connectivity index (χ3v) is 4.92. The number of halogens is 2. The molecule has 0 saturated carbocycles. The number of morpholine rings is 1. The van der Waals surface area contributed by atoms with Crippen LogP contribution in [-0.4, -0.2) is 69.9 Å². The van der Waals surface area contributed by atoms with Crippen molar-refractivity contribution in [2.75, 3.05) is 38.2 Å². The molecule has 1 atom stereocenters. The number of aromatic amines is 1. The van der Waals surface area contributed by atoms with Gasteiger partial charge in [0.2, 0.25) is 0 Å². The molecule has 0 bridgehead atoms. The number of anilines is 1. The second kappa shape index (κ2) is 8.80. The van der Waals surface area contributed by atoms with Gasteiger partial charge in [-0.15, -0.1) is 0 Å². The molecule has 158 valence electrons. The van der Waals surface area contributed by atoms with E-state index in [4.69, 9.17) is 21.1 Å². The summed E-state index contributed by atoms with van der Waals surface area (Å²) in [6, 6.07) is 1.43. The third kappa shape index (κ3) is 4.14. The van der Waals surface area contributed by atoms with E-state index in [0.717, 1.165) is 11.6 Å². The van der Waals surface area contributed by atoms with Crippen LogP contribution in [0.2, 0.25) is 5.02 Å². The Balaban J connectivity index is 1.55. The fourth-order valence-corrected chi connectivity index (χ4v) is 3.43. The lowest BCUT2D eigenvalue weighted by molar-refractivity contribution is -0.00380. The predicted octanol–water partition coefficient (Wildman–Crippen LogP) is 3.08. The Morgan fingerprint density at radius 2 is 2.33 bits per heavy atom. The summed E-state index contributed by atoms with van der Waals surface area (Å²) in [7, 11) is 0. The van der Waals surface area contributed by atoms with Crippen LogP contribution in [0, 0.1) is 5.82 Å². The molecule has 0 aliphatic carbocycles. The summed E-state index contributed by atoms with van der Waals surface area (Å²) in [5, 5.41) is 4.17. The van der Waals surface area contributed by atoms with Crippen LogP contribution in [0.25, 0.3) is 22.4 Å². The molecular weight excluding hydrogens is 415 g/mol. The van der Waals surface area contributed by atoms with Crippen molar-refractivity contribution in [3.05, 3.63) is 35.5 Å². The number of amides is 1. The summed E-state index contributed by atoms with van der Waals surface area (Å²) in [5.74, 6) is -0.260. The highest BCUT2D eigenvalue weighted by atomic mass is 35.5. The van der Waals surface area contributed by atoms with Crippen LogP contribution in [0.4, 0.5) is 15.0 Å². The summed E-state index contributed by atoms with van der Waals surface area (Å²) in [5.41, 5.74) is 1.28. The molecule has 1 fully saturated rings. The molecular formula is C19H20ClFN6O3. The van der Waals surface area contributed by atoms with Crippen LogP contribution in [0.5, 0.6) is 0 Å². The summed E-state index contributed by atoms with van der Waals surface area (Å²) in [4.78, 5) is 29.4. The standard InChI is InChI=1S/C19H20ClFN6O3/c1-2-30-19(28)27-3-4-29-10-12(27)7-23-18-15(21)9-25-17(26-18)14-8-24-16-13(14)5-11(20)6-22-16/h5-6,8-9,12H,2-4,7,10H2,1H3,(H,22,24)(H,23,25,26). The van der Waals surface area contributed by atoms with Crippen molar-refractivity contribution >= 4 is 34.5 Å². The van der Waals surface area contributed by atoms with E-state index in [9.17, 15) is 9.18 Å². The van der Waals surface area contributed by atoms with Crippen molar-refractivity contribution in [3.63, 3.8) is 0 Å². The Labute approximate surface area is 176 Å². The molecule has 1 amide bonds. The zero-order valence-corrected chi connectivity index (χ0v) is 16.9. The highest BCUT2D eigenvalue weighted by Crippen LogP contribution is 2.28. The molecule has 9 nitrogen and oxygen atoms in total. The highest BCUT2D eigenvalue weighted by Gasteiger charge is 2.28. The molecule has 0 aromatic carbocycles. The Hall–Kier alpha value is -2.98. The van der Waals surface area contributed by atoms with Gasteiger partial charge in [-0.3, -0.25) is 4.90 Å². The first kappa shape index (κ1) is 20.3. The first-order chi connectivity index (χ1) is 14.6. The summed E-state index contributed by atoms with van der Waals surface area (Å²) < 4.78 is 24.9. The fourth-order valence-electron chi connectivity index (χ4n) is 3.27. The number of rotatable bonds is 5. The SMILES string of the molecule is CCOC(=O)N1CCOCC1CNc1nc(-c2c[nH]c3ncc(Cl)cc23)ncc1F. The maximum atomic E-state index is 14.4. The lowest BCUT2D eigenvalue weighted by Crippen LogP contribution is -2.52. The molecule has 0 radical (unpaired) electrons. The molecule has 0 spiro atoms. The minimum atomic E-state index is -0.603. The highest BCUT2D eigenvalue weighted by molar-refractivity contribution is 6.31. The van der Waals surface area contributed by atoms with E-state index in [1.165, 1.54) is 6.20 Å². The molecule has 3 aromatic heterocycles. The quantitative estimate of drug-likeness (QED) is 0.635.